The topological polar surface area (TPSA) is 111 Å². The van der Waals surface area contributed by atoms with Crippen molar-refractivity contribution in [1.82, 2.24) is 15.1 Å². The number of hydrogen-bond acceptors (Lipinski definition) is 6. The van der Waals surface area contributed by atoms with Crippen LogP contribution in [0.15, 0.2) is 62.9 Å². The van der Waals surface area contributed by atoms with Gasteiger partial charge in [0.25, 0.3) is 11.8 Å². The maximum atomic E-state index is 12.7. The zero-order chi connectivity index (χ0) is 21.1. The second-order valence-electron chi connectivity index (χ2n) is 6.63. The lowest BCUT2D eigenvalue weighted by Crippen LogP contribution is -2.30. The number of nitrogens with one attached hydrogen (secondary N) is 2. The number of aromatic nitrogens is 2. The Kier molecular flexibility index (Phi) is 5.66. The van der Waals surface area contributed by atoms with E-state index in [9.17, 15) is 9.59 Å². The molecule has 2 N–H and O–H groups in total. The number of rotatable bonds is 6. The van der Waals surface area contributed by atoms with E-state index in [0.717, 1.165) is 10.0 Å². The zero-order valence-electron chi connectivity index (χ0n) is 16.0. The van der Waals surface area contributed by atoms with Crippen LogP contribution in [-0.2, 0) is 23.2 Å². The number of hydrogen-bond donors (Lipinski definition) is 2. The first-order valence-corrected chi connectivity index (χ1v) is 9.92. The molecule has 0 fully saturated rings. The maximum Gasteiger partial charge on any atom is 0.272 e. The number of benzene rings is 1. The lowest BCUT2D eigenvalue weighted by molar-refractivity contribution is -0.125. The van der Waals surface area contributed by atoms with Gasteiger partial charge in [-0.05, 0) is 24.3 Å². The van der Waals surface area contributed by atoms with Crippen molar-refractivity contribution in [3.63, 3.8) is 0 Å². The second-order valence-corrected chi connectivity index (χ2v) is 7.54. The molecule has 1 aliphatic heterocycles. The molecule has 154 valence electrons. The van der Waals surface area contributed by atoms with E-state index in [-0.39, 0.29) is 18.1 Å². The van der Waals surface area contributed by atoms with Gasteiger partial charge in [-0.1, -0.05) is 33.2 Å². The molecule has 3 aromatic rings. The molecular weight excluding hydrogens is 454 g/mol. The Morgan fingerprint density at radius 1 is 1.30 bits per heavy atom. The highest BCUT2D eigenvalue weighted by molar-refractivity contribution is 9.10. The van der Waals surface area contributed by atoms with Gasteiger partial charge in [0.2, 0.25) is 6.10 Å². The molecule has 3 heterocycles. The van der Waals surface area contributed by atoms with Crippen LogP contribution in [0.4, 0.5) is 5.69 Å². The quantitative estimate of drug-likeness (QED) is 0.574. The molecule has 1 atom stereocenters. The Bertz CT molecular complexity index is 1110. The Morgan fingerprint density at radius 2 is 2.17 bits per heavy atom. The summed E-state index contributed by atoms with van der Waals surface area (Å²) < 4.78 is 7.52. The highest BCUT2D eigenvalue weighted by atomic mass is 79.9. The standard InChI is InChI=1S/C20H18BrN5O4/c1-26-18(20(28)22-10-14-6-3-7-29-14)16(11-23-26)24-19(27)17-9-15(25-30-17)12-4-2-5-13(21)8-12/h2-8,11,17H,9-10H2,1H3,(H,22,28)(H,24,27). The van der Waals surface area contributed by atoms with E-state index in [1.807, 2.05) is 24.3 Å². The van der Waals surface area contributed by atoms with Crippen LogP contribution >= 0.6 is 15.9 Å². The van der Waals surface area contributed by atoms with Crippen molar-refractivity contribution in [3.05, 3.63) is 70.3 Å². The summed E-state index contributed by atoms with van der Waals surface area (Å²) in [6.07, 6.45) is 2.48. The first kappa shape index (κ1) is 19.9. The summed E-state index contributed by atoms with van der Waals surface area (Å²) in [6.45, 7) is 0.222. The Morgan fingerprint density at radius 3 is 2.93 bits per heavy atom. The van der Waals surface area contributed by atoms with E-state index >= 15 is 0 Å². The van der Waals surface area contributed by atoms with Gasteiger partial charge in [0.05, 0.1) is 30.4 Å². The molecule has 0 spiro atoms. The van der Waals surface area contributed by atoms with Crippen molar-refractivity contribution >= 4 is 39.1 Å². The minimum Gasteiger partial charge on any atom is -0.467 e. The Labute approximate surface area is 180 Å². The fraction of sp³-hybridized carbons (Fsp3) is 0.200. The SMILES string of the molecule is Cn1ncc(NC(=O)C2CC(c3cccc(Br)c3)=NO2)c1C(=O)NCc1ccco1. The molecule has 0 bridgehead atoms. The van der Waals surface area contributed by atoms with E-state index < -0.39 is 12.0 Å². The average molecular weight is 472 g/mol. The van der Waals surface area contributed by atoms with Crippen molar-refractivity contribution in [1.29, 1.82) is 0 Å². The molecule has 10 heteroatoms. The molecule has 9 nitrogen and oxygen atoms in total. The van der Waals surface area contributed by atoms with Crippen LogP contribution in [-0.4, -0.2) is 33.4 Å². The molecule has 2 aromatic heterocycles. The number of aryl methyl sites for hydroxylation is 1. The van der Waals surface area contributed by atoms with Gasteiger partial charge in [0.1, 0.15) is 11.5 Å². The highest BCUT2D eigenvalue weighted by Crippen LogP contribution is 2.22. The number of amides is 2. The number of halogens is 1. The minimum absolute atomic E-state index is 0.222. The van der Waals surface area contributed by atoms with Gasteiger partial charge in [-0.3, -0.25) is 14.3 Å². The lowest BCUT2D eigenvalue weighted by Gasteiger charge is -2.11. The Hall–Kier alpha value is -3.40. The molecule has 30 heavy (non-hydrogen) atoms. The van der Waals surface area contributed by atoms with Crippen LogP contribution < -0.4 is 10.6 Å². The zero-order valence-corrected chi connectivity index (χ0v) is 17.5. The van der Waals surface area contributed by atoms with Crippen LogP contribution in [0.25, 0.3) is 0 Å². The van der Waals surface area contributed by atoms with Gasteiger partial charge >= 0.3 is 0 Å². The van der Waals surface area contributed by atoms with Crippen molar-refractivity contribution in [2.45, 2.75) is 19.1 Å². The largest absolute Gasteiger partial charge is 0.467 e. The van der Waals surface area contributed by atoms with E-state index in [0.29, 0.717) is 23.6 Å². The molecule has 0 aliphatic carbocycles. The summed E-state index contributed by atoms with van der Waals surface area (Å²) in [4.78, 5) is 30.6. The predicted octanol–water partition coefficient (Wildman–Crippen LogP) is 2.84. The summed E-state index contributed by atoms with van der Waals surface area (Å²) in [5.41, 5.74) is 2.07. The second kappa shape index (κ2) is 8.54. The van der Waals surface area contributed by atoms with Crippen LogP contribution in [0.1, 0.15) is 28.2 Å². The van der Waals surface area contributed by atoms with Gasteiger partial charge in [-0.2, -0.15) is 5.10 Å². The van der Waals surface area contributed by atoms with Gasteiger partial charge in [-0.25, -0.2) is 0 Å². The van der Waals surface area contributed by atoms with Crippen LogP contribution in [0, 0.1) is 0 Å². The summed E-state index contributed by atoms with van der Waals surface area (Å²) in [5, 5.41) is 13.6. The van der Waals surface area contributed by atoms with Gasteiger partial charge in [-0.15, -0.1) is 0 Å². The normalized spacial score (nSPS) is 15.4. The Balaban J connectivity index is 1.40. The molecule has 1 aromatic carbocycles. The molecule has 1 unspecified atom stereocenters. The molecule has 0 saturated carbocycles. The monoisotopic (exact) mass is 471 g/mol. The molecular formula is C20H18BrN5O4. The van der Waals surface area contributed by atoms with Crippen LogP contribution in [0.2, 0.25) is 0 Å². The fourth-order valence-corrected chi connectivity index (χ4v) is 3.43. The first-order valence-electron chi connectivity index (χ1n) is 9.13. The summed E-state index contributed by atoms with van der Waals surface area (Å²) in [5.74, 6) is -0.176. The summed E-state index contributed by atoms with van der Waals surface area (Å²) in [6, 6.07) is 11.1. The third kappa shape index (κ3) is 4.28. The smallest absolute Gasteiger partial charge is 0.272 e. The lowest BCUT2D eigenvalue weighted by atomic mass is 10.0. The van der Waals surface area contributed by atoms with E-state index in [1.165, 1.54) is 17.1 Å². The number of carbonyl (C=O) groups excluding carboxylic acids is 2. The number of oxime groups is 1. The van der Waals surface area contributed by atoms with E-state index in [1.54, 1.807) is 19.2 Å². The first-order chi connectivity index (χ1) is 14.5. The van der Waals surface area contributed by atoms with E-state index in [2.05, 4.69) is 36.8 Å². The molecule has 0 radical (unpaired) electrons. The molecule has 0 saturated heterocycles. The van der Waals surface area contributed by atoms with Gasteiger partial charge in [0, 0.05) is 23.5 Å². The van der Waals surface area contributed by atoms with Crippen molar-refractivity contribution in [2.24, 2.45) is 12.2 Å². The van der Waals surface area contributed by atoms with Crippen molar-refractivity contribution in [2.75, 3.05) is 5.32 Å². The number of anilines is 1. The predicted molar refractivity (Wildman–Crippen MR) is 112 cm³/mol. The van der Waals surface area contributed by atoms with Gasteiger partial charge < -0.3 is 19.9 Å². The number of furan rings is 1. The highest BCUT2D eigenvalue weighted by Gasteiger charge is 2.30. The summed E-state index contributed by atoms with van der Waals surface area (Å²) >= 11 is 3.42. The summed E-state index contributed by atoms with van der Waals surface area (Å²) in [7, 11) is 1.62. The van der Waals surface area contributed by atoms with Crippen LogP contribution in [0.5, 0.6) is 0 Å². The third-order valence-electron chi connectivity index (χ3n) is 4.53. The van der Waals surface area contributed by atoms with E-state index in [4.69, 9.17) is 9.25 Å². The van der Waals surface area contributed by atoms with Gasteiger partial charge in [0.15, 0.2) is 0 Å². The van der Waals surface area contributed by atoms with Crippen LogP contribution in [0.3, 0.4) is 0 Å². The number of nitrogens with zero attached hydrogens (tertiary/aromatic N) is 3. The molecule has 4 rings (SSSR count). The average Bonchev–Trinajstić information content (AvgIpc) is 3.48. The number of carbonyl (C=O) groups is 2. The minimum atomic E-state index is -0.793. The fourth-order valence-electron chi connectivity index (χ4n) is 3.03. The third-order valence-corrected chi connectivity index (χ3v) is 5.03. The van der Waals surface area contributed by atoms with Crippen molar-refractivity contribution < 1.29 is 18.8 Å². The molecule has 2 amide bonds. The molecule has 1 aliphatic rings. The van der Waals surface area contributed by atoms with Crippen molar-refractivity contribution in [3.8, 4) is 0 Å². The maximum absolute atomic E-state index is 12.7.